The Bertz CT molecular complexity index is 319. The molecule has 0 radical (unpaired) electrons. The zero-order chi connectivity index (χ0) is 9.64. The maximum Gasteiger partial charge on any atom is 0.211 e. The molecule has 13 heavy (non-hydrogen) atoms. The Kier molecular flexibility index (Phi) is 1.96. The Morgan fingerprint density at radius 2 is 1.69 bits per heavy atom. The van der Waals surface area contributed by atoms with Gasteiger partial charge in [0.05, 0.1) is 6.26 Å². The highest BCUT2D eigenvalue weighted by molar-refractivity contribution is 7.88. The van der Waals surface area contributed by atoms with E-state index in [1.807, 2.05) is 0 Å². The number of rotatable bonds is 1. The fourth-order valence-corrected chi connectivity index (χ4v) is 3.22. The summed E-state index contributed by atoms with van der Waals surface area (Å²) in [4.78, 5) is 11.0. The Hall–Kier alpha value is -0.420. The van der Waals surface area contributed by atoms with Crippen molar-refractivity contribution in [3.05, 3.63) is 0 Å². The van der Waals surface area contributed by atoms with Crippen molar-refractivity contribution in [1.82, 2.24) is 4.31 Å². The summed E-state index contributed by atoms with van der Waals surface area (Å²) in [5.74, 6) is 0.882. The summed E-state index contributed by atoms with van der Waals surface area (Å²) in [7, 11) is -3.04. The van der Waals surface area contributed by atoms with E-state index in [2.05, 4.69) is 0 Å². The highest BCUT2D eigenvalue weighted by Gasteiger charge is 2.42. The molecule has 5 heteroatoms. The molecule has 0 amide bonds. The molecule has 0 aromatic heterocycles. The van der Waals surface area contributed by atoms with Gasteiger partial charge in [-0.3, -0.25) is 4.79 Å². The molecule has 2 fully saturated rings. The third-order valence-electron chi connectivity index (χ3n) is 2.99. The average molecular weight is 203 g/mol. The Balaban J connectivity index is 2.10. The molecule has 1 saturated heterocycles. The van der Waals surface area contributed by atoms with Gasteiger partial charge in [0.2, 0.25) is 10.0 Å². The van der Waals surface area contributed by atoms with Crippen LogP contribution in [0.25, 0.3) is 0 Å². The molecule has 2 atom stereocenters. The van der Waals surface area contributed by atoms with Gasteiger partial charge in [0.1, 0.15) is 5.78 Å². The molecule has 0 aromatic carbocycles. The topological polar surface area (TPSA) is 54.5 Å². The lowest BCUT2D eigenvalue weighted by Crippen LogP contribution is -2.28. The van der Waals surface area contributed by atoms with Gasteiger partial charge in [-0.1, -0.05) is 0 Å². The molecular weight excluding hydrogens is 190 g/mol. The van der Waals surface area contributed by atoms with Crippen molar-refractivity contribution >= 4 is 15.8 Å². The summed E-state index contributed by atoms with van der Waals surface area (Å²) in [6.07, 6.45) is 2.39. The molecule has 0 spiro atoms. The first-order valence-electron chi connectivity index (χ1n) is 4.43. The van der Waals surface area contributed by atoms with Gasteiger partial charge in [0.15, 0.2) is 0 Å². The standard InChI is InChI=1S/C8H13NO3S/c1-13(11,12)9-4-6-2-8(10)3-7(6)5-9/h6-7H,2-5H2,1H3/t6-,7+. The van der Waals surface area contributed by atoms with E-state index in [4.69, 9.17) is 0 Å². The van der Waals surface area contributed by atoms with E-state index >= 15 is 0 Å². The fourth-order valence-electron chi connectivity index (χ4n) is 2.30. The zero-order valence-electron chi connectivity index (χ0n) is 7.56. The van der Waals surface area contributed by atoms with Gasteiger partial charge >= 0.3 is 0 Å². The number of carbonyl (C=O) groups excluding carboxylic acids is 1. The summed E-state index contributed by atoms with van der Waals surface area (Å²) in [6, 6.07) is 0. The van der Waals surface area contributed by atoms with Gasteiger partial charge in [-0.25, -0.2) is 12.7 Å². The molecule has 1 saturated carbocycles. The van der Waals surface area contributed by atoms with Gasteiger partial charge in [-0.2, -0.15) is 0 Å². The number of hydrogen-bond acceptors (Lipinski definition) is 3. The van der Waals surface area contributed by atoms with Gasteiger partial charge in [0.25, 0.3) is 0 Å². The van der Waals surface area contributed by atoms with Crippen LogP contribution in [-0.2, 0) is 14.8 Å². The van der Waals surface area contributed by atoms with Gasteiger partial charge in [-0.05, 0) is 11.8 Å². The van der Waals surface area contributed by atoms with E-state index in [0.29, 0.717) is 43.6 Å². The molecular formula is C8H13NO3S. The molecule has 0 unspecified atom stereocenters. The van der Waals surface area contributed by atoms with E-state index in [9.17, 15) is 13.2 Å². The number of nitrogens with zero attached hydrogens (tertiary/aromatic N) is 1. The van der Waals surface area contributed by atoms with Gasteiger partial charge in [-0.15, -0.1) is 0 Å². The summed E-state index contributed by atoms with van der Waals surface area (Å²) in [6.45, 7) is 1.10. The molecule has 0 bridgehead atoms. The predicted molar refractivity (Wildman–Crippen MR) is 47.6 cm³/mol. The summed E-state index contributed by atoms with van der Waals surface area (Å²) >= 11 is 0. The molecule has 74 valence electrons. The number of carbonyl (C=O) groups is 1. The van der Waals surface area contributed by atoms with Crippen LogP contribution in [0.15, 0.2) is 0 Å². The molecule has 0 aromatic rings. The maximum absolute atomic E-state index is 11.2. The van der Waals surface area contributed by atoms with Crippen molar-refractivity contribution in [2.24, 2.45) is 11.8 Å². The van der Waals surface area contributed by atoms with Crippen LogP contribution in [0.1, 0.15) is 12.8 Å². The highest BCUT2D eigenvalue weighted by atomic mass is 32.2. The predicted octanol–water partition coefficient (Wildman–Crippen LogP) is -0.143. The average Bonchev–Trinajstić information content (AvgIpc) is 2.40. The molecule has 1 aliphatic carbocycles. The van der Waals surface area contributed by atoms with E-state index in [1.54, 1.807) is 0 Å². The first kappa shape index (κ1) is 9.15. The molecule has 2 rings (SSSR count). The maximum atomic E-state index is 11.2. The summed E-state index contributed by atoms with van der Waals surface area (Å²) in [5.41, 5.74) is 0. The molecule has 0 N–H and O–H groups in total. The molecule has 1 heterocycles. The van der Waals surface area contributed by atoms with Crippen LogP contribution in [0.4, 0.5) is 0 Å². The second kappa shape index (κ2) is 2.78. The first-order chi connectivity index (χ1) is 5.97. The van der Waals surface area contributed by atoms with Crippen molar-refractivity contribution in [3.63, 3.8) is 0 Å². The minimum Gasteiger partial charge on any atom is -0.300 e. The Morgan fingerprint density at radius 3 is 2.08 bits per heavy atom. The largest absolute Gasteiger partial charge is 0.300 e. The van der Waals surface area contributed by atoms with Crippen LogP contribution in [0.5, 0.6) is 0 Å². The van der Waals surface area contributed by atoms with Crippen molar-refractivity contribution in [3.8, 4) is 0 Å². The number of hydrogen-bond donors (Lipinski definition) is 0. The lowest BCUT2D eigenvalue weighted by Gasteiger charge is -2.12. The Morgan fingerprint density at radius 1 is 1.23 bits per heavy atom. The highest BCUT2D eigenvalue weighted by Crippen LogP contribution is 2.36. The first-order valence-corrected chi connectivity index (χ1v) is 6.28. The van der Waals surface area contributed by atoms with Crippen LogP contribution in [-0.4, -0.2) is 37.9 Å². The third kappa shape index (κ3) is 1.62. The van der Waals surface area contributed by atoms with Crippen molar-refractivity contribution < 1.29 is 13.2 Å². The minimum atomic E-state index is -3.04. The zero-order valence-corrected chi connectivity index (χ0v) is 8.38. The second-order valence-electron chi connectivity index (χ2n) is 4.05. The SMILES string of the molecule is CS(=O)(=O)N1C[C@H]2CC(=O)C[C@H]2C1. The molecule has 1 aliphatic heterocycles. The van der Waals surface area contributed by atoms with Gasteiger partial charge in [0, 0.05) is 25.9 Å². The molecule has 2 aliphatic rings. The van der Waals surface area contributed by atoms with E-state index in [-0.39, 0.29) is 0 Å². The minimum absolute atomic E-state index is 0.294. The summed E-state index contributed by atoms with van der Waals surface area (Å²) in [5, 5.41) is 0. The van der Waals surface area contributed by atoms with Crippen LogP contribution >= 0.6 is 0 Å². The second-order valence-corrected chi connectivity index (χ2v) is 6.03. The van der Waals surface area contributed by atoms with E-state index < -0.39 is 10.0 Å². The number of fused-ring (bicyclic) bond motifs is 1. The number of sulfonamides is 1. The monoisotopic (exact) mass is 203 g/mol. The van der Waals surface area contributed by atoms with E-state index in [1.165, 1.54) is 10.6 Å². The Labute approximate surface area is 78.0 Å². The van der Waals surface area contributed by atoms with Crippen LogP contribution in [0, 0.1) is 11.8 Å². The normalized spacial score (nSPS) is 35.3. The molecule has 4 nitrogen and oxygen atoms in total. The lowest BCUT2D eigenvalue weighted by atomic mass is 10.0. The van der Waals surface area contributed by atoms with Gasteiger partial charge < -0.3 is 0 Å². The van der Waals surface area contributed by atoms with Crippen LogP contribution < -0.4 is 0 Å². The van der Waals surface area contributed by atoms with E-state index in [0.717, 1.165) is 0 Å². The van der Waals surface area contributed by atoms with Crippen molar-refractivity contribution in [2.45, 2.75) is 12.8 Å². The fraction of sp³-hybridized carbons (Fsp3) is 0.875. The smallest absolute Gasteiger partial charge is 0.211 e. The third-order valence-corrected chi connectivity index (χ3v) is 4.23. The van der Waals surface area contributed by atoms with Crippen LogP contribution in [0.3, 0.4) is 0 Å². The lowest BCUT2D eigenvalue weighted by molar-refractivity contribution is -0.117. The van der Waals surface area contributed by atoms with Crippen LogP contribution in [0.2, 0.25) is 0 Å². The number of Topliss-reactive ketones (excluding diaryl/α,β-unsaturated/α-hetero) is 1. The summed E-state index contributed by atoms with van der Waals surface area (Å²) < 4.78 is 23.9. The van der Waals surface area contributed by atoms with Crippen molar-refractivity contribution in [2.75, 3.05) is 19.3 Å². The van der Waals surface area contributed by atoms with Crippen molar-refractivity contribution in [1.29, 1.82) is 0 Å². The quantitative estimate of drug-likeness (QED) is 0.596. The number of ketones is 1.